The van der Waals surface area contributed by atoms with Crippen LogP contribution in [0.25, 0.3) is 10.2 Å². The average molecular weight is 385 g/mol. The maximum atomic E-state index is 12.5. The van der Waals surface area contributed by atoms with E-state index in [9.17, 15) is 4.79 Å². The zero-order valence-corrected chi connectivity index (χ0v) is 16.7. The van der Waals surface area contributed by atoms with E-state index in [2.05, 4.69) is 16.5 Å². The summed E-state index contributed by atoms with van der Waals surface area (Å²) in [7, 11) is 3.30. The van der Waals surface area contributed by atoms with E-state index in [1.54, 1.807) is 14.2 Å². The van der Waals surface area contributed by atoms with Gasteiger partial charge < -0.3 is 14.0 Å². The lowest BCUT2D eigenvalue weighted by Crippen LogP contribution is -2.17. The number of hydrogen-bond acceptors (Lipinski definition) is 4. The Morgan fingerprint density at radius 2 is 1.78 bits per heavy atom. The first-order valence-corrected chi connectivity index (χ1v) is 9.85. The van der Waals surface area contributed by atoms with Gasteiger partial charge in [-0.1, -0.05) is 48.6 Å². The fourth-order valence-electron chi connectivity index (χ4n) is 3.03. The summed E-state index contributed by atoms with van der Waals surface area (Å²) in [4.78, 5) is 17.6. The number of hydrogen-bond donors (Lipinski definition) is 0. The minimum atomic E-state index is -0.117. The third kappa shape index (κ3) is 4.22. The Morgan fingerprint density at radius 3 is 2.44 bits per heavy atom. The molecule has 2 aromatic carbocycles. The molecule has 6 heteroatoms. The summed E-state index contributed by atoms with van der Waals surface area (Å²) < 4.78 is 14.0. The summed E-state index contributed by atoms with van der Waals surface area (Å²) in [6, 6.07) is 13.8. The monoisotopic (exact) mass is 384 g/mol. The van der Waals surface area contributed by atoms with E-state index >= 15 is 0 Å². The zero-order valence-electron chi connectivity index (χ0n) is 15.9. The Bertz CT molecular complexity index is 990. The van der Waals surface area contributed by atoms with Crippen LogP contribution in [0.2, 0.25) is 0 Å². The van der Waals surface area contributed by atoms with Crippen LogP contribution in [0.15, 0.2) is 47.5 Å². The van der Waals surface area contributed by atoms with Gasteiger partial charge in [0.2, 0.25) is 5.91 Å². The third-order valence-corrected chi connectivity index (χ3v) is 5.42. The lowest BCUT2D eigenvalue weighted by Gasteiger charge is -2.09. The quantitative estimate of drug-likeness (QED) is 0.614. The molecular formula is C21H24N2O3S. The topological polar surface area (TPSA) is 52.8 Å². The minimum absolute atomic E-state index is 0.117. The zero-order chi connectivity index (χ0) is 19.2. The first-order chi connectivity index (χ1) is 13.2. The van der Waals surface area contributed by atoms with Crippen LogP contribution in [0.3, 0.4) is 0 Å². The van der Waals surface area contributed by atoms with E-state index in [1.165, 1.54) is 11.3 Å². The molecule has 0 radical (unpaired) electrons. The Hall–Kier alpha value is -2.60. The molecule has 0 aliphatic carbocycles. The van der Waals surface area contributed by atoms with Gasteiger partial charge in [0.25, 0.3) is 0 Å². The number of aryl methyl sites for hydroxylation is 2. The van der Waals surface area contributed by atoms with Gasteiger partial charge in [-0.15, -0.1) is 0 Å². The first-order valence-electron chi connectivity index (χ1n) is 9.03. The highest BCUT2D eigenvalue weighted by Gasteiger charge is 2.16. The summed E-state index contributed by atoms with van der Waals surface area (Å²) in [6.45, 7) is 2.86. The van der Waals surface area contributed by atoms with Gasteiger partial charge in [0.15, 0.2) is 4.80 Å². The van der Waals surface area contributed by atoms with Crippen molar-refractivity contribution in [2.75, 3.05) is 14.2 Å². The summed E-state index contributed by atoms with van der Waals surface area (Å²) in [5.74, 6) is 1.40. The van der Waals surface area contributed by atoms with Crippen molar-refractivity contribution in [2.24, 2.45) is 4.99 Å². The molecule has 3 rings (SSSR count). The summed E-state index contributed by atoms with van der Waals surface area (Å²) in [6.07, 6.45) is 2.00. The number of rotatable bonds is 7. The minimum Gasteiger partial charge on any atom is -0.495 e. The van der Waals surface area contributed by atoms with Crippen molar-refractivity contribution in [3.63, 3.8) is 0 Å². The number of benzene rings is 2. The van der Waals surface area contributed by atoms with Crippen molar-refractivity contribution >= 4 is 27.5 Å². The fourth-order valence-corrected chi connectivity index (χ4v) is 4.21. The molecule has 0 aliphatic rings. The predicted molar refractivity (Wildman–Crippen MR) is 109 cm³/mol. The van der Waals surface area contributed by atoms with E-state index < -0.39 is 0 Å². The molecule has 1 aromatic heterocycles. The Labute approximate surface area is 162 Å². The maximum Gasteiger partial charge on any atom is 0.248 e. The van der Waals surface area contributed by atoms with Crippen LogP contribution in [0.5, 0.6) is 11.5 Å². The van der Waals surface area contributed by atoms with Gasteiger partial charge in [-0.2, -0.15) is 4.99 Å². The highest BCUT2D eigenvalue weighted by atomic mass is 32.1. The molecule has 0 bridgehead atoms. The SMILES string of the molecule is CCCn1c(=NC(=O)CCc2ccccc2)sc2c(OC)ccc(OC)c21. The number of aromatic nitrogens is 1. The summed E-state index contributed by atoms with van der Waals surface area (Å²) in [5.41, 5.74) is 2.07. The molecule has 0 saturated carbocycles. The van der Waals surface area contributed by atoms with Crippen LogP contribution in [-0.4, -0.2) is 24.7 Å². The van der Waals surface area contributed by atoms with Crippen molar-refractivity contribution in [1.29, 1.82) is 0 Å². The van der Waals surface area contributed by atoms with Gasteiger partial charge in [0.05, 0.1) is 14.2 Å². The van der Waals surface area contributed by atoms with Crippen LogP contribution in [-0.2, 0) is 17.8 Å². The Balaban J connectivity index is 2.00. The maximum absolute atomic E-state index is 12.5. The van der Waals surface area contributed by atoms with Crippen molar-refractivity contribution in [3.8, 4) is 11.5 Å². The molecule has 1 heterocycles. The third-order valence-electron chi connectivity index (χ3n) is 4.33. The first kappa shape index (κ1) is 19.2. The highest BCUT2D eigenvalue weighted by Crippen LogP contribution is 2.35. The molecule has 3 aromatic rings. The predicted octanol–water partition coefficient (Wildman–Crippen LogP) is 4.19. The van der Waals surface area contributed by atoms with Crippen LogP contribution in [0, 0.1) is 0 Å². The van der Waals surface area contributed by atoms with Crippen LogP contribution in [0.4, 0.5) is 0 Å². The summed E-state index contributed by atoms with van der Waals surface area (Å²) in [5, 5.41) is 0. The van der Waals surface area contributed by atoms with Crippen molar-refractivity contribution in [3.05, 3.63) is 52.8 Å². The van der Waals surface area contributed by atoms with Gasteiger partial charge in [0.1, 0.15) is 21.7 Å². The number of fused-ring (bicyclic) bond motifs is 1. The number of nitrogens with zero attached hydrogens (tertiary/aromatic N) is 2. The molecule has 1 amide bonds. The molecular weight excluding hydrogens is 360 g/mol. The van der Waals surface area contributed by atoms with Gasteiger partial charge >= 0.3 is 0 Å². The highest BCUT2D eigenvalue weighted by molar-refractivity contribution is 7.16. The molecule has 0 atom stereocenters. The normalized spacial score (nSPS) is 11.7. The van der Waals surface area contributed by atoms with Crippen molar-refractivity contribution in [1.82, 2.24) is 4.57 Å². The number of methoxy groups -OCH3 is 2. The molecule has 0 N–H and O–H groups in total. The lowest BCUT2D eigenvalue weighted by atomic mass is 10.1. The van der Waals surface area contributed by atoms with Crippen LogP contribution < -0.4 is 14.3 Å². The summed E-state index contributed by atoms with van der Waals surface area (Å²) >= 11 is 1.47. The average Bonchev–Trinajstić information content (AvgIpc) is 3.05. The number of ether oxygens (including phenoxy) is 2. The molecule has 27 heavy (non-hydrogen) atoms. The van der Waals surface area contributed by atoms with Gasteiger partial charge in [-0.3, -0.25) is 4.79 Å². The smallest absolute Gasteiger partial charge is 0.248 e. The molecule has 142 valence electrons. The molecule has 0 fully saturated rings. The molecule has 0 unspecified atom stereocenters. The fraction of sp³-hybridized carbons (Fsp3) is 0.333. The number of carbonyl (C=O) groups is 1. The largest absolute Gasteiger partial charge is 0.495 e. The number of thiazole rings is 1. The van der Waals surface area contributed by atoms with E-state index in [-0.39, 0.29) is 5.91 Å². The standard InChI is InChI=1S/C21H24N2O3S/c1-4-14-23-19-16(25-2)11-12-17(26-3)20(19)27-21(23)22-18(24)13-10-15-8-6-5-7-9-15/h5-9,11-12H,4,10,13-14H2,1-3H3. The van der Waals surface area contributed by atoms with Gasteiger partial charge in [-0.25, -0.2) is 0 Å². The molecule has 0 saturated heterocycles. The van der Waals surface area contributed by atoms with Crippen LogP contribution in [0.1, 0.15) is 25.3 Å². The number of amides is 1. The second-order valence-electron chi connectivity index (χ2n) is 6.18. The van der Waals surface area contributed by atoms with Gasteiger partial charge in [-0.05, 0) is 30.5 Å². The molecule has 0 spiro atoms. The second kappa shape index (κ2) is 8.86. The van der Waals surface area contributed by atoms with Crippen molar-refractivity contribution in [2.45, 2.75) is 32.7 Å². The Morgan fingerprint density at radius 1 is 1.07 bits per heavy atom. The van der Waals surface area contributed by atoms with E-state index in [4.69, 9.17) is 9.47 Å². The Kier molecular flexibility index (Phi) is 6.29. The van der Waals surface area contributed by atoms with Crippen LogP contribution >= 0.6 is 11.3 Å². The van der Waals surface area contributed by atoms with Crippen molar-refractivity contribution < 1.29 is 14.3 Å². The molecule has 0 aliphatic heterocycles. The van der Waals surface area contributed by atoms with E-state index in [0.29, 0.717) is 17.6 Å². The molecule has 5 nitrogen and oxygen atoms in total. The van der Waals surface area contributed by atoms with E-state index in [0.717, 1.165) is 40.2 Å². The number of carbonyl (C=O) groups excluding carboxylic acids is 1. The van der Waals surface area contributed by atoms with E-state index in [1.807, 2.05) is 42.5 Å². The lowest BCUT2D eigenvalue weighted by molar-refractivity contribution is -0.118. The van der Waals surface area contributed by atoms with Gasteiger partial charge in [0, 0.05) is 13.0 Å². The second-order valence-corrected chi connectivity index (χ2v) is 7.15.